The van der Waals surface area contributed by atoms with Crippen LogP contribution >= 0.6 is 0 Å². The second kappa shape index (κ2) is 5.73. The molecule has 0 radical (unpaired) electrons. The molecule has 1 heterocycles. The predicted molar refractivity (Wildman–Crippen MR) is 56.6 cm³/mol. The van der Waals surface area contributed by atoms with Crippen LogP contribution in [0.15, 0.2) is 18.2 Å². The lowest BCUT2D eigenvalue weighted by molar-refractivity contribution is 0.0190. The number of pyridine rings is 1. The van der Waals surface area contributed by atoms with Gasteiger partial charge >= 0.3 is 0 Å². The van der Waals surface area contributed by atoms with Crippen molar-refractivity contribution < 1.29 is 4.84 Å². The van der Waals surface area contributed by atoms with Crippen molar-refractivity contribution in [2.45, 2.75) is 27.3 Å². The van der Waals surface area contributed by atoms with E-state index in [1.807, 2.05) is 25.1 Å². The van der Waals surface area contributed by atoms with Gasteiger partial charge in [0, 0.05) is 5.69 Å². The number of nitrogens with zero attached hydrogens (tertiary/aromatic N) is 1. The van der Waals surface area contributed by atoms with Gasteiger partial charge in [-0.3, -0.25) is 4.98 Å². The molecular weight excluding hydrogens is 176 g/mol. The van der Waals surface area contributed by atoms with Crippen LogP contribution in [0.2, 0.25) is 0 Å². The molecule has 0 bridgehead atoms. The van der Waals surface area contributed by atoms with Gasteiger partial charge in [-0.1, -0.05) is 19.9 Å². The van der Waals surface area contributed by atoms with Crippen LogP contribution in [0.3, 0.4) is 0 Å². The lowest BCUT2D eigenvalue weighted by Crippen LogP contribution is -2.18. The van der Waals surface area contributed by atoms with Gasteiger partial charge in [0.15, 0.2) is 0 Å². The van der Waals surface area contributed by atoms with Crippen LogP contribution in [-0.4, -0.2) is 11.6 Å². The predicted octanol–water partition coefficient (Wildman–Crippen LogP) is 2.07. The SMILES string of the molecule is Cc1cccc(CNOCC(C)C)n1. The van der Waals surface area contributed by atoms with Gasteiger partial charge in [-0.2, -0.15) is 5.48 Å². The molecule has 78 valence electrons. The van der Waals surface area contributed by atoms with E-state index >= 15 is 0 Å². The number of rotatable bonds is 5. The molecule has 0 saturated carbocycles. The summed E-state index contributed by atoms with van der Waals surface area (Å²) >= 11 is 0. The van der Waals surface area contributed by atoms with Crippen molar-refractivity contribution in [2.75, 3.05) is 6.61 Å². The zero-order valence-corrected chi connectivity index (χ0v) is 9.08. The highest BCUT2D eigenvalue weighted by atomic mass is 16.6. The maximum atomic E-state index is 5.25. The Morgan fingerprint density at radius 3 is 2.86 bits per heavy atom. The standard InChI is InChI=1S/C11H18N2O/c1-9(2)8-14-12-7-11-6-4-5-10(3)13-11/h4-6,9,12H,7-8H2,1-3H3. The second-order valence-electron chi connectivity index (χ2n) is 3.80. The fourth-order valence-corrected chi connectivity index (χ4v) is 1.05. The normalized spacial score (nSPS) is 10.9. The average molecular weight is 194 g/mol. The minimum Gasteiger partial charge on any atom is -0.301 e. The van der Waals surface area contributed by atoms with Crippen LogP contribution in [0.5, 0.6) is 0 Å². The third-order valence-electron chi connectivity index (χ3n) is 1.72. The summed E-state index contributed by atoms with van der Waals surface area (Å²) in [4.78, 5) is 9.60. The van der Waals surface area contributed by atoms with Crippen molar-refractivity contribution in [2.24, 2.45) is 5.92 Å². The molecule has 0 amide bonds. The molecule has 1 aromatic rings. The molecular formula is C11H18N2O. The minimum absolute atomic E-state index is 0.549. The number of aryl methyl sites for hydroxylation is 1. The van der Waals surface area contributed by atoms with E-state index in [0.717, 1.165) is 18.0 Å². The van der Waals surface area contributed by atoms with Gasteiger partial charge in [0.05, 0.1) is 18.8 Å². The molecule has 0 aliphatic heterocycles. The van der Waals surface area contributed by atoms with E-state index in [1.54, 1.807) is 0 Å². The Balaban J connectivity index is 2.25. The van der Waals surface area contributed by atoms with Crippen LogP contribution in [-0.2, 0) is 11.4 Å². The number of hydroxylamine groups is 1. The van der Waals surface area contributed by atoms with Crippen LogP contribution < -0.4 is 5.48 Å². The first-order chi connectivity index (χ1) is 6.68. The first-order valence-electron chi connectivity index (χ1n) is 4.95. The third-order valence-corrected chi connectivity index (χ3v) is 1.72. The van der Waals surface area contributed by atoms with E-state index in [-0.39, 0.29) is 0 Å². The van der Waals surface area contributed by atoms with E-state index in [9.17, 15) is 0 Å². The molecule has 1 N–H and O–H groups in total. The van der Waals surface area contributed by atoms with Crippen molar-refractivity contribution in [3.63, 3.8) is 0 Å². The molecule has 0 fully saturated rings. The van der Waals surface area contributed by atoms with Crippen molar-refractivity contribution in [3.05, 3.63) is 29.6 Å². The molecule has 3 heteroatoms. The summed E-state index contributed by atoms with van der Waals surface area (Å²) in [5.74, 6) is 0.549. The Kier molecular flexibility index (Phi) is 4.56. The average Bonchev–Trinajstić information content (AvgIpc) is 2.12. The molecule has 0 unspecified atom stereocenters. The molecule has 0 aliphatic rings. The maximum absolute atomic E-state index is 5.25. The fraction of sp³-hybridized carbons (Fsp3) is 0.545. The first-order valence-corrected chi connectivity index (χ1v) is 4.95. The second-order valence-corrected chi connectivity index (χ2v) is 3.80. The monoisotopic (exact) mass is 194 g/mol. The van der Waals surface area contributed by atoms with Crippen molar-refractivity contribution in [3.8, 4) is 0 Å². The molecule has 3 nitrogen and oxygen atoms in total. The highest BCUT2D eigenvalue weighted by Gasteiger charge is 1.96. The number of hydrogen-bond donors (Lipinski definition) is 1. The largest absolute Gasteiger partial charge is 0.301 e. The van der Waals surface area contributed by atoms with Crippen LogP contribution in [0.25, 0.3) is 0 Å². The highest BCUT2D eigenvalue weighted by molar-refractivity contribution is 5.09. The Hall–Kier alpha value is -0.930. The van der Waals surface area contributed by atoms with Crippen molar-refractivity contribution in [1.29, 1.82) is 0 Å². The highest BCUT2D eigenvalue weighted by Crippen LogP contribution is 1.97. The maximum Gasteiger partial charge on any atom is 0.0705 e. The van der Waals surface area contributed by atoms with Gasteiger partial charge < -0.3 is 4.84 Å². The van der Waals surface area contributed by atoms with E-state index in [0.29, 0.717) is 12.5 Å². The van der Waals surface area contributed by atoms with Gasteiger partial charge in [-0.25, -0.2) is 0 Å². The summed E-state index contributed by atoms with van der Waals surface area (Å²) < 4.78 is 0. The Labute approximate surface area is 85.5 Å². The first kappa shape index (κ1) is 11.1. The summed E-state index contributed by atoms with van der Waals surface area (Å²) in [6.07, 6.45) is 0. The zero-order valence-electron chi connectivity index (χ0n) is 9.08. The van der Waals surface area contributed by atoms with E-state index in [4.69, 9.17) is 4.84 Å². The van der Waals surface area contributed by atoms with Crippen molar-refractivity contribution >= 4 is 0 Å². The molecule has 0 atom stereocenters. The smallest absolute Gasteiger partial charge is 0.0705 e. The zero-order chi connectivity index (χ0) is 10.4. The lowest BCUT2D eigenvalue weighted by atomic mass is 10.2. The molecule has 1 aromatic heterocycles. The molecule has 0 saturated heterocycles. The Morgan fingerprint density at radius 2 is 2.21 bits per heavy atom. The summed E-state index contributed by atoms with van der Waals surface area (Å²) in [6, 6.07) is 5.97. The third kappa shape index (κ3) is 4.35. The topological polar surface area (TPSA) is 34.1 Å². The Morgan fingerprint density at radius 1 is 1.43 bits per heavy atom. The van der Waals surface area contributed by atoms with Crippen LogP contribution in [0.1, 0.15) is 25.2 Å². The van der Waals surface area contributed by atoms with E-state index in [1.165, 1.54) is 0 Å². The van der Waals surface area contributed by atoms with E-state index < -0.39 is 0 Å². The molecule has 0 aliphatic carbocycles. The minimum atomic E-state index is 0.549. The van der Waals surface area contributed by atoms with Gasteiger partial charge in [-0.15, -0.1) is 0 Å². The van der Waals surface area contributed by atoms with Gasteiger partial charge in [-0.05, 0) is 25.0 Å². The quantitative estimate of drug-likeness (QED) is 0.575. The summed E-state index contributed by atoms with van der Waals surface area (Å²) in [5.41, 5.74) is 4.94. The van der Waals surface area contributed by atoms with Crippen LogP contribution in [0.4, 0.5) is 0 Å². The lowest BCUT2D eigenvalue weighted by Gasteiger charge is -2.07. The van der Waals surface area contributed by atoms with Crippen LogP contribution in [0, 0.1) is 12.8 Å². The van der Waals surface area contributed by atoms with Crippen molar-refractivity contribution in [1.82, 2.24) is 10.5 Å². The molecule has 0 aromatic carbocycles. The number of hydrogen-bond acceptors (Lipinski definition) is 3. The van der Waals surface area contributed by atoms with Gasteiger partial charge in [0.1, 0.15) is 0 Å². The number of aromatic nitrogens is 1. The molecule has 0 spiro atoms. The molecule has 1 rings (SSSR count). The van der Waals surface area contributed by atoms with Gasteiger partial charge in [0.25, 0.3) is 0 Å². The fourth-order valence-electron chi connectivity index (χ4n) is 1.05. The number of nitrogens with one attached hydrogen (secondary N) is 1. The Bertz CT molecular complexity index is 274. The summed E-state index contributed by atoms with van der Waals surface area (Å²) in [7, 11) is 0. The van der Waals surface area contributed by atoms with E-state index in [2.05, 4.69) is 24.3 Å². The molecule has 14 heavy (non-hydrogen) atoms. The summed E-state index contributed by atoms with van der Waals surface area (Å²) in [6.45, 7) is 7.61. The summed E-state index contributed by atoms with van der Waals surface area (Å²) in [5, 5.41) is 0. The van der Waals surface area contributed by atoms with Gasteiger partial charge in [0.2, 0.25) is 0 Å².